The third-order valence-electron chi connectivity index (χ3n) is 14.5. The quantitative estimate of drug-likeness (QED) is 0.140. The smallest absolute Gasteiger partial charge is 0.0887 e. The average molecular weight is 974 g/mol. The minimum Gasteiger partial charge on any atom is -0.308 e. The van der Waals surface area contributed by atoms with Gasteiger partial charge >= 0.3 is 0 Å². The first-order valence-corrected chi connectivity index (χ1v) is 26.4. The van der Waals surface area contributed by atoms with Gasteiger partial charge in [0.05, 0.1) is 27.8 Å². The second-order valence-electron chi connectivity index (χ2n) is 22.4. The summed E-state index contributed by atoms with van der Waals surface area (Å²) < 4.78 is 1.22. The van der Waals surface area contributed by atoms with E-state index in [9.17, 15) is 0 Å². The number of benzene rings is 10. The molecule has 4 heteroatoms. The Morgan fingerprint density at radius 1 is 0.333 bits per heavy atom. The van der Waals surface area contributed by atoms with Gasteiger partial charge < -0.3 is 9.80 Å². The predicted octanol–water partition coefficient (Wildman–Crippen LogP) is 21.2. The van der Waals surface area contributed by atoms with E-state index < -0.39 is 0 Å². The zero-order valence-electron chi connectivity index (χ0n) is 42.8. The molecule has 0 bridgehead atoms. The first kappa shape index (κ1) is 47.2. The number of anilines is 6. The lowest BCUT2D eigenvalue weighted by Gasteiger charge is -2.33. The van der Waals surface area contributed by atoms with Crippen molar-refractivity contribution in [2.75, 3.05) is 9.80 Å². The van der Waals surface area contributed by atoms with Gasteiger partial charge in [-0.05, 0) is 149 Å². The highest BCUT2D eigenvalue weighted by Crippen LogP contribution is 2.52. The highest BCUT2D eigenvalue weighted by molar-refractivity contribution is 7.17. The molecule has 72 heavy (non-hydrogen) atoms. The molecule has 1 aromatic heterocycles. The molecule has 0 spiro atoms. The van der Waals surface area contributed by atoms with Crippen LogP contribution in [0.1, 0.15) is 79.0 Å². The van der Waals surface area contributed by atoms with Crippen LogP contribution in [0.3, 0.4) is 0 Å². The fraction of sp³-hybridized carbons (Fsp3) is 0.176. The lowest BCUT2D eigenvalue weighted by atomic mass is 9.84. The number of halogens is 1. The van der Waals surface area contributed by atoms with Gasteiger partial charge in [0, 0.05) is 32.4 Å². The van der Waals surface area contributed by atoms with E-state index in [-0.39, 0.29) is 16.2 Å². The van der Waals surface area contributed by atoms with Crippen LogP contribution < -0.4 is 9.80 Å². The Kier molecular flexibility index (Phi) is 11.9. The van der Waals surface area contributed by atoms with Crippen LogP contribution >= 0.6 is 22.9 Å². The second-order valence-corrected chi connectivity index (χ2v) is 23.7. The number of thiophene rings is 1. The summed E-state index contributed by atoms with van der Waals surface area (Å²) in [6.45, 7) is 20.5. The van der Waals surface area contributed by atoms with Gasteiger partial charge in [-0.2, -0.15) is 0 Å². The van der Waals surface area contributed by atoms with Crippen molar-refractivity contribution in [2.24, 2.45) is 0 Å². The van der Waals surface area contributed by atoms with E-state index in [2.05, 4.69) is 278 Å². The molecule has 0 aliphatic carbocycles. The molecule has 0 amide bonds. The Hall–Kier alpha value is -7.17. The fourth-order valence-electron chi connectivity index (χ4n) is 10.4. The van der Waals surface area contributed by atoms with Crippen LogP contribution in [0.4, 0.5) is 34.1 Å². The van der Waals surface area contributed by atoms with Gasteiger partial charge in [-0.3, -0.25) is 0 Å². The second kappa shape index (κ2) is 18.1. The summed E-state index contributed by atoms with van der Waals surface area (Å²) in [6, 6.07) is 74.0. The standard InChI is InChI=1S/C68H61ClN2S/c1-66(2,3)47-28-33-50(34-29-47)70(60-38-32-49(68(7,8)9)42-57(60)46-26-37-56-54-22-14-13-20-52(54)53-21-15-16-23-55(53)58(56)41-46)61-24-17-25-62(65(61)69)71(51-35-30-48(31-36-51)67(4,5)6)63-43-72-64-39-27-45(40-59(63)64)44-18-11-10-12-19-44/h10-43H,1-9H3. The summed E-state index contributed by atoms with van der Waals surface area (Å²) in [6.07, 6.45) is 0. The summed E-state index contributed by atoms with van der Waals surface area (Å²) in [5.74, 6) is 0. The van der Waals surface area contributed by atoms with Crippen LogP contribution in [0.25, 0.3) is 64.7 Å². The Balaban J connectivity index is 1.16. The van der Waals surface area contributed by atoms with Crippen LogP contribution in [-0.2, 0) is 16.2 Å². The molecule has 0 saturated heterocycles. The van der Waals surface area contributed by atoms with Crippen LogP contribution in [0.5, 0.6) is 0 Å². The maximum atomic E-state index is 8.17. The van der Waals surface area contributed by atoms with Crippen molar-refractivity contribution in [3.8, 4) is 22.3 Å². The van der Waals surface area contributed by atoms with E-state index in [4.69, 9.17) is 11.6 Å². The lowest BCUT2D eigenvalue weighted by Crippen LogP contribution is -2.17. The minimum absolute atomic E-state index is 0.00417. The molecule has 0 fully saturated rings. The zero-order valence-corrected chi connectivity index (χ0v) is 44.4. The molecule has 0 saturated carbocycles. The Morgan fingerprint density at radius 3 is 1.33 bits per heavy atom. The van der Waals surface area contributed by atoms with Gasteiger partial charge in [0.1, 0.15) is 0 Å². The summed E-state index contributed by atoms with van der Waals surface area (Å²) in [4.78, 5) is 4.76. The number of fused-ring (bicyclic) bond motifs is 7. The fourth-order valence-corrected chi connectivity index (χ4v) is 11.6. The van der Waals surface area contributed by atoms with E-state index in [1.54, 1.807) is 11.3 Å². The summed E-state index contributed by atoms with van der Waals surface area (Å²) in [7, 11) is 0. The molecule has 0 N–H and O–H groups in total. The van der Waals surface area contributed by atoms with E-state index in [1.807, 2.05) is 0 Å². The van der Waals surface area contributed by atoms with Gasteiger partial charge in [-0.25, -0.2) is 0 Å². The van der Waals surface area contributed by atoms with E-state index >= 15 is 0 Å². The summed E-state index contributed by atoms with van der Waals surface area (Å²) in [5.41, 5.74) is 14.3. The normalized spacial score (nSPS) is 12.3. The van der Waals surface area contributed by atoms with Crippen LogP contribution in [0, 0.1) is 0 Å². The number of hydrogen-bond acceptors (Lipinski definition) is 3. The minimum atomic E-state index is -0.101. The van der Waals surface area contributed by atoms with Crippen LogP contribution in [0.15, 0.2) is 206 Å². The van der Waals surface area contributed by atoms with E-state index in [0.29, 0.717) is 5.02 Å². The maximum Gasteiger partial charge on any atom is 0.0887 e. The van der Waals surface area contributed by atoms with E-state index in [1.165, 1.54) is 70.2 Å². The van der Waals surface area contributed by atoms with Crippen molar-refractivity contribution >= 4 is 99.5 Å². The summed E-state index contributed by atoms with van der Waals surface area (Å²) in [5, 5.41) is 11.6. The molecular formula is C68H61ClN2S. The first-order chi connectivity index (χ1) is 34.5. The largest absolute Gasteiger partial charge is 0.308 e. The van der Waals surface area contributed by atoms with Gasteiger partial charge in [0.25, 0.3) is 0 Å². The zero-order chi connectivity index (χ0) is 50.1. The van der Waals surface area contributed by atoms with Crippen molar-refractivity contribution in [3.05, 3.63) is 227 Å². The van der Waals surface area contributed by atoms with Crippen molar-refractivity contribution in [1.29, 1.82) is 0 Å². The molecule has 2 nitrogen and oxygen atoms in total. The lowest BCUT2D eigenvalue weighted by molar-refractivity contribution is 0.590. The van der Waals surface area contributed by atoms with Gasteiger partial charge in [0.15, 0.2) is 0 Å². The molecule has 356 valence electrons. The highest BCUT2D eigenvalue weighted by Gasteiger charge is 2.28. The Morgan fingerprint density at radius 2 is 0.792 bits per heavy atom. The molecular weight excluding hydrogens is 912 g/mol. The molecule has 10 aromatic carbocycles. The third-order valence-corrected chi connectivity index (χ3v) is 15.8. The average Bonchev–Trinajstić information content (AvgIpc) is 3.80. The Bertz CT molecular complexity index is 3770. The third kappa shape index (κ3) is 8.63. The molecule has 11 rings (SSSR count). The molecule has 1 heterocycles. The van der Waals surface area contributed by atoms with Crippen LogP contribution in [0.2, 0.25) is 5.02 Å². The predicted molar refractivity (Wildman–Crippen MR) is 316 cm³/mol. The molecule has 0 radical (unpaired) electrons. The molecule has 11 aromatic rings. The maximum absolute atomic E-state index is 8.17. The molecule has 0 atom stereocenters. The number of rotatable bonds is 8. The van der Waals surface area contributed by atoms with Gasteiger partial charge in [-0.15, -0.1) is 11.3 Å². The summed E-state index contributed by atoms with van der Waals surface area (Å²) >= 11 is 9.94. The van der Waals surface area contributed by atoms with Crippen molar-refractivity contribution in [1.82, 2.24) is 0 Å². The van der Waals surface area contributed by atoms with Crippen molar-refractivity contribution < 1.29 is 0 Å². The van der Waals surface area contributed by atoms with Gasteiger partial charge in [-0.1, -0.05) is 207 Å². The number of hydrogen-bond donors (Lipinski definition) is 0. The first-order valence-electron chi connectivity index (χ1n) is 25.2. The topological polar surface area (TPSA) is 6.48 Å². The SMILES string of the molecule is CC(C)(C)c1ccc(N(c2ccc(C(C)(C)C)cc2-c2ccc3c4ccccc4c4ccccc4c3c2)c2cccc(N(c3ccc(C(C)(C)C)cc3)c3csc4ccc(-c5ccccc5)cc34)c2Cl)cc1. The Labute approximate surface area is 434 Å². The van der Waals surface area contributed by atoms with Crippen molar-refractivity contribution in [3.63, 3.8) is 0 Å². The molecule has 0 aliphatic rings. The van der Waals surface area contributed by atoms with Crippen LogP contribution in [-0.4, -0.2) is 0 Å². The van der Waals surface area contributed by atoms with E-state index in [0.717, 1.165) is 45.3 Å². The highest BCUT2D eigenvalue weighted by atomic mass is 35.5. The molecule has 0 unspecified atom stereocenters. The number of nitrogens with zero attached hydrogens (tertiary/aromatic N) is 2. The monoisotopic (exact) mass is 972 g/mol. The van der Waals surface area contributed by atoms with Crippen molar-refractivity contribution in [2.45, 2.75) is 78.6 Å². The van der Waals surface area contributed by atoms with Gasteiger partial charge in [0.2, 0.25) is 0 Å². The molecule has 0 aliphatic heterocycles.